The topological polar surface area (TPSA) is 119 Å². The predicted molar refractivity (Wildman–Crippen MR) is 65.9 cm³/mol. The van der Waals surface area contributed by atoms with Crippen molar-refractivity contribution in [2.75, 3.05) is 18.9 Å². The van der Waals surface area contributed by atoms with Crippen LogP contribution < -0.4 is 16.4 Å². The zero-order valence-corrected chi connectivity index (χ0v) is 10.9. The molecule has 1 rings (SSSR count). The van der Waals surface area contributed by atoms with Crippen molar-refractivity contribution in [3.05, 3.63) is 5.01 Å². The third-order valence-corrected chi connectivity index (χ3v) is 2.81. The number of esters is 1. The molecule has 1 aromatic heterocycles. The summed E-state index contributed by atoms with van der Waals surface area (Å²) in [4.78, 5) is 22.4. The SMILES string of the molecule is CCOC(=O)CNC(=O)NC(C)c1nnc(N)s1. The summed E-state index contributed by atoms with van der Waals surface area (Å²) in [5, 5.41) is 13.4. The van der Waals surface area contributed by atoms with Gasteiger partial charge in [0.05, 0.1) is 12.6 Å². The van der Waals surface area contributed by atoms with Crippen LogP contribution in [0.2, 0.25) is 0 Å². The third kappa shape index (κ3) is 4.53. The van der Waals surface area contributed by atoms with Gasteiger partial charge in [0.2, 0.25) is 5.13 Å². The number of nitrogen functional groups attached to an aromatic ring is 1. The first-order valence-corrected chi connectivity index (χ1v) is 6.13. The summed E-state index contributed by atoms with van der Waals surface area (Å²) in [5.41, 5.74) is 5.43. The Balaban J connectivity index is 2.34. The van der Waals surface area contributed by atoms with Gasteiger partial charge < -0.3 is 21.1 Å². The minimum Gasteiger partial charge on any atom is -0.465 e. The first-order valence-electron chi connectivity index (χ1n) is 5.31. The normalized spacial score (nSPS) is 11.7. The van der Waals surface area contributed by atoms with Gasteiger partial charge in [-0.3, -0.25) is 4.79 Å². The zero-order valence-electron chi connectivity index (χ0n) is 10.1. The maximum atomic E-state index is 11.4. The molecule has 0 fully saturated rings. The van der Waals surface area contributed by atoms with Crippen molar-refractivity contribution in [2.45, 2.75) is 19.9 Å². The minimum atomic E-state index is -0.486. The van der Waals surface area contributed by atoms with E-state index < -0.39 is 12.0 Å². The number of hydrogen-bond donors (Lipinski definition) is 3. The van der Waals surface area contributed by atoms with Gasteiger partial charge in [0.15, 0.2) is 0 Å². The number of carbonyl (C=O) groups is 2. The second kappa shape index (κ2) is 6.74. The van der Waals surface area contributed by atoms with Crippen LogP contribution in [0.1, 0.15) is 24.9 Å². The highest BCUT2D eigenvalue weighted by atomic mass is 32.1. The maximum Gasteiger partial charge on any atom is 0.325 e. The number of ether oxygens (including phenoxy) is 1. The summed E-state index contributed by atoms with van der Waals surface area (Å²) < 4.78 is 4.67. The molecule has 1 unspecified atom stereocenters. The molecule has 8 nitrogen and oxygen atoms in total. The number of amides is 2. The monoisotopic (exact) mass is 273 g/mol. The Morgan fingerprint density at radius 2 is 2.22 bits per heavy atom. The van der Waals surface area contributed by atoms with E-state index in [1.807, 2.05) is 0 Å². The first kappa shape index (κ1) is 14.2. The fourth-order valence-corrected chi connectivity index (χ4v) is 1.71. The Morgan fingerprint density at radius 1 is 1.50 bits per heavy atom. The molecule has 100 valence electrons. The summed E-state index contributed by atoms with van der Waals surface area (Å²) in [7, 11) is 0. The molecule has 1 heterocycles. The molecule has 0 aliphatic rings. The molecule has 0 aliphatic carbocycles. The van der Waals surface area contributed by atoms with E-state index in [0.29, 0.717) is 10.1 Å². The number of aromatic nitrogens is 2. The van der Waals surface area contributed by atoms with Crippen molar-refractivity contribution in [2.24, 2.45) is 0 Å². The molecule has 1 aromatic rings. The van der Waals surface area contributed by atoms with E-state index in [9.17, 15) is 9.59 Å². The molecule has 0 spiro atoms. The predicted octanol–water partition coefficient (Wildman–Crippen LogP) is 0.0436. The summed E-state index contributed by atoms with van der Waals surface area (Å²) >= 11 is 1.19. The van der Waals surface area contributed by atoms with E-state index in [1.165, 1.54) is 11.3 Å². The van der Waals surface area contributed by atoms with Crippen molar-refractivity contribution in [3.63, 3.8) is 0 Å². The van der Waals surface area contributed by atoms with E-state index >= 15 is 0 Å². The van der Waals surface area contributed by atoms with Crippen molar-refractivity contribution >= 4 is 28.5 Å². The van der Waals surface area contributed by atoms with Crippen molar-refractivity contribution in [3.8, 4) is 0 Å². The Labute approximate surface area is 108 Å². The van der Waals surface area contributed by atoms with Gasteiger partial charge in [-0.25, -0.2) is 4.79 Å². The zero-order chi connectivity index (χ0) is 13.5. The van der Waals surface area contributed by atoms with Crippen LogP contribution in [0.15, 0.2) is 0 Å². The van der Waals surface area contributed by atoms with Crippen LogP contribution in [0.5, 0.6) is 0 Å². The molecular formula is C9H15N5O3S. The van der Waals surface area contributed by atoms with Gasteiger partial charge in [-0.05, 0) is 13.8 Å². The van der Waals surface area contributed by atoms with E-state index in [1.54, 1.807) is 13.8 Å². The quantitative estimate of drug-likeness (QED) is 0.652. The van der Waals surface area contributed by atoms with Crippen LogP contribution >= 0.6 is 11.3 Å². The van der Waals surface area contributed by atoms with Crippen LogP contribution in [0.4, 0.5) is 9.93 Å². The van der Waals surface area contributed by atoms with E-state index in [-0.39, 0.29) is 19.2 Å². The fraction of sp³-hybridized carbons (Fsp3) is 0.556. The Kier molecular flexibility index (Phi) is 5.31. The average molecular weight is 273 g/mol. The van der Waals surface area contributed by atoms with Crippen LogP contribution in [-0.2, 0) is 9.53 Å². The molecule has 9 heteroatoms. The van der Waals surface area contributed by atoms with E-state index in [2.05, 4.69) is 25.6 Å². The first-order chi connectivity index (χ1) is 8.52. The van der Waals surface area contributed by atoms with Crippen LogP contribution in [0.25, 0.3) is 0 Å². The minimum absolute atomic E-state index is 0.176. The van der Waals surface area contributed by atoms with Gasteiger partial charge >= 0.3 is 12.0 Å². The molecule has 0 saturated heterocycles. The second-order valence-electron chi connectivity index (χ2n) is 3.33. The molecule has 0 radical (unpaired) electrons. The Morgan fingerprint density at radius 3 is 2.78 bits per heavy atom. The Bertz CT molecular complexity index is 422. The molecule has 0 aliphatic heterocycles. The molecule has 1 atom stereocenters. The summed E-state index contributed by atoms with van der Waals surface area (Å²) in [6.07, 6.45) is 0. The average Bonchev–Trinajstić information content (AvgIpc) is 2.74. The number of carbonyl (C=O) groups excluding carboxylic acids is 2. The summed E-state index contributed by atoms with van der Waals surface area (Å²) in [6, 6.07) is -0.814. The lowest BCUT2D eigenvalue weighted by molar-refractivity contribution is -0.141. The number of nitrogens with one attached hydrogen (secondary N) is 2. The summed E-state index contributed by atoms with van der Waals surface area (Å²) in [5.74, 6) is -0.486. The third-order valence-electron chi connectivity index (χ3n) is 1.87. The van der Waals surface area contributed by atoms with Crippen molar-refractivity contribution in [1.82, 2.24) is 20.8 Å². The van der Waals surface area contributed by atoms with Crippen molar-refractivity contribution < 1.29 is 14.3 Å². The standard InChI is InChI=1S/C9H15N5O3S/c1-3-17-6(15)4-11-9(16)12-5(2)7-13-14-8(10)18-7/h5H,3-4H2,1-2H3,(H2,10,14)(H2,11,12,16). The Hall–Kier alpha value is -1.90. The number of hydrogen-bond acceptors (Lipinski definition) is 7. The van der Waals surface area contributed by atoms with Crippen molar-refractivity contribution in [1.29, 1.82) is 0 Å². The van der Waals surface area contributed by atoms with Crippen LogP contribution in [-0.4, -0.2) is 35.3 Å². The highest BCUT2D eigenvalue weighted by Crippen LogP contribution is 2.18. The van der Waals surface area contributed by atoms with E-state index in [0.717, 1.165) is 0 Å². The maximum absolute atomic E-state index is 11.4. The highest BCUT2D eigenvalue weighted by molar-refractivity contribution is 7.15. The number of nitrogens with two attached hydrogens (primary N) is 1. The van der Waals surface area contributed by atoms with Gasteiger partial charge in [0.1, 0.15) is 11.6 Å². The molecular weight excluding hydrogens is 258 g/mol. The van der Waals surface area contributed by atoms with Gasteiger partial charge in [-0.2, -0.15) is 0 Å². The smallest absolute Gasteiger partial charge is 0.325 e. The molecule has 4 N–H and O–H groups in total. The fourth-order valence-electron chi connectivity index (χ4n) is 1.10. The van der Waals surface area contributed by atoms with E-state index in [4.69, 9.17) is 5.73 Å². The molecule has 0 saturated carbocycles. The second-order valence-corrected chi connectivity index (χ2v) is 4.37. The molecule has 0 aromatic carbocycles. The number of rotatable bonds is 5. The number of nitrogens with zero attached hydrogens (tertiary/aromatic N) is 2. The van der Waals surface area contributed by atoms with Gasteiger partial charge in [0, 0.05) is 0 Å². The van der Waals surface area contributed by atoms with Gasteiger partial charge in [-0.15, -0.1) is 10.2 Å². The van der Waals surface area contributed by atoms with Gasteiger partial charge in [0.25, 0.3) is 0 Å². The largest absolute Gasteiger partial charge is 0.465 e. The number of urea groups is 1. The highest BCUT2D eigenvalue weighted by Gasteiger charge is 2.14. The summed E-state index contributed by atoms with van der Waals surface area (Å²) in [6.45, 7) is 3.54. The molecule has 0 bridgehead atoms. The van der Waals surface area contributed by atoms with Gasteiger partial charge in [-0.1, -0.05) is 11.3 Å². The molecule has 18 heavy (non-hydrogen) atoms. The van der Waals surface area contributed by atoms with Crippen LogP contribution in [0.3, 0.4) is 0 Å². The molecule has 2 amide bonds. The lowest BCUT2D eigenvalue weighted by atomic mass is 10.4. The van der Waals surface area contributed by atoms with Crippen LogP contribution in [0, 0.1) is 0 Å². The lowest BCUT2D eigenvalue weighted by Crippen LogP contribution is -2.40. The lowest BCUT2D eigenvalue weighted by Gasteiger charge is -2.11. The number of anilines is 1.